The Balaban J connectivity index is 2.21. The molecule has 2 heterocycles. The van der Waals surface area contributed by atoms with Gasteiger partial charge in [0.1, 0.15) is 5.82 Å². The van der Waals surface area contributed by atoms with Crippen LogP contribution in [0.3, 0.4) is 0 Å². The van der Waals surface area contributed by atoms with Crippen molar-refractivity contribution in [3.8, 4) is 0 Å². The molecule has 0 bridgehead atoms. The van der Waals surface area contributed by atoms with Crippen molar-refractivity contribution in [1.29, 1.82) is 0 Å². The summed E-state index contributed by atoms with van der Waals surface area (Å²) < 4.78 is 13.4. The van der Waals surface area contributed by atoms with Gasteiger partial charge in [0.15, 0.2) is 11.9 Å². The summed E-state index contributed by atoms with van der Waals surface area (Å²) in [4.78, 5) is 28.4. The van der Waals surface area contributed by atoms with Gasteiger partial charge in [-0.05, 0) is 31.2 Å². The zero-order chi connectivity index (χ0) is 15.2. The molecule has 1 unspecified atom stereocenters. The van der Waals surface area contributed by atoms with Crippen molar-refractivity contribution in [3.63, 3.8) is 0 Å². The van der Waals surface area contributed by atoms with Crippen molar-refractivity contribution in [1.82, 2.24) is 4.98 Å². The SMILES string of the molecule is CC1(O)C(=O)N(c2cncc(C=O)c2)c2ccc(F)cc21. The van der Waals surface area contributed by atoms with Crippen LogP contribution in [0.4, 0.5) is 15.8 Å². The summed E-state index contributed by atoms with van der Waals surface area (Å²) in [7, 11) is 0. The first kappa shape index (κ1) is 13.4. The summed E-state index contributed by atoms with van der Waals surface area (Å²) in [6.07, 6.45) is 3.38. The molecule has 0 saturated heterocycles. The van der Waals surface area contributed by atoms with Gasteiger partial charge in [-0.15, -0.1) is 0 Å². The minimum atomic E-state index is -1.82. The normalized spacial score (nSPS) is 20.5. The molecule has 0 saturated carbocycles. The average Bonchev–Trinajstić information content (AvgIpc) is 2.67. The van der Waals surface area contributed by atoms with Crippen LogP contribution in [0.25, 0.3) is 0 Å². The minimum Gasteiger partial charge on any atom is -0.375 e. The lowest BCUT2D eigenvalue weighted by Crippen LogP contribution is -2.35. The van der Waals surface area contributed by atoms with Gasteiger partial charge in [0.25, 0.3) is 5.91 Å². The van der Waals surface area contributed by atoms with Crippen molar-refractivity contribution in [3.05, 3.63) is 53.6 Å². The fourth-order valence-electron chi connectivity index (χ4n) is 2.42. The molecular weight excluding hydrogens is 275 g/mol. The van der Waals surface area contributed by atoms with E-state index in [1.165, 1.54) is 42.4 Å². The average molecular weight is 286 g/mol. The Morgan fingerprint density at radius 2 is 2.10 bits per heavy atom. The van der Waals surface area contributed by atoms with Gasteiger partial charge in [-0.2, -0.15) is 0 Å². The molecule has 2 aromatic rings. The molecule has 0 radical (unpaired) electrons. The summed E-state index contributed by atoms with van der Waals surface area (Å²) in [5.41, 5.74) is -0.625. The number of aromatic nitrogens is 1. The molecule has 1 aromatic carbocycles. The lowest BCUT2D eigenvalue weighted by molar-refractivity contribution is -0.133. The zero-order valence-electron chi connectivity index (χ0n) is 11.1. The summed E-state index contributed by atoms with van der Waals surface area (Å²) in [5, 5.41) is 10.3. The molecule has 0 aliphatic carbocycles. The summed E-state index contributed by atoms with van der Waals surface area (Å²) in [5.74, 6) is -1.16. The fourth-order valence-corrected chi connectivity index (χ4v) is 2.42. The quantitative estimate of drug-likeness (QED) is 0.856. The van der Waals surface area contributed by atoms with Gasteiger partial charge in [-0.25, -0.2) is 4.39 Å². The van der Waals surface area contributed by atoms with E-state index in [2.05, 4.69) is 4.98 Å². The smallest absolute Gasteiger partial charge is 0.267 e. The van der Waals surface area contributed by atoms with Crippen molar-refractivity contribution >= 4 is 23.6 Å². The lowest BCUT2D eigenvalue weighted by Gasteiger charge is -2.19. The van der Waals surface area contributed by atoms with E-state index in [4.69, 9.17) is 0 Å². The number of anilines is 2. The van der Waals surface area contributed by atoms with E-state index in [0.29, 0.717) is 23.2 Å². The number of aldehydes is 1. The molecule has 6 heteroatoms. The first-order valence-electron chi connectivity index (χ1n) is 6.22. The van der Waals surface area contributed by atoms with E-state index in [1.807, 2.05) is 0 Å². The molecule has 1 aliphatic heterocycles. The van der Waals surface area contributed by atoms with Crippen LogP contribution in [0.2, 0.25) is 0 Å². The summed E-state index contributed by atoms with van der Waals surface area (Å²) in [6, 6.07) is 5.23. The van der Waals surface area contributed by atoms with E-state index in [9.17, 15) is 19.1 Å². The van der Waals surface area contributed by atoms with Gasteiger partial charge >= 0.3 is 0 Å². The van der Waals surface area contributed by atoms with Gasteiger partial charge < -0.3 is 5.11 Å². The maximum atomic E-state index is 13.4. The third kappa shape index (κ3) is 1.92. The highest BCUT2D eigenvalue weighted by Gasteiger charge is 2.47. The van der Waals surface area contributed by atoms with Crippen LogP contribution in [0.15, 0.2) is 36.7 Å². The number of hydrogen-bond donors (Lipinski definition) is 1. The number of aliphatic hydroxyl groups is 1. The van der Waals surface area contributed by atoms with Gasteiger partial charge in [0, 0.05) is 17.3 Å². The maximum absolute atomic E-state index is 13.4. The van der Waals surface area contributed by atoms with E-state index < -0.39 is 17.3 Å². The second-order valence-electron chi connectivity index (χ2n) is 4.97. The Hall–Kier alpha value is -2.60. The number of halogens is 1. The number of pyridine rings is 1. The Labute approximate surface area is 119 Å². The number of fused-ring (bicyclic) bond motifs is 1. The third-order valence-corrected chi connectivity index (χ3v) is 3.48. The zero-order valence-corrected chi connectivity index (χ0v) is 11.1. The largest absolute Gasteiger partial charge is 0.375 e. The number of carbonyl (C=O) groups is 2. The van der Waals surface area contributed by atoms with E-state index >= 15 is 0 Å². The summed E-state index contributed by atoms with van der Waals surface area (Å²) in [6.45, 7) is 1.31. The predicted molar refractivity (Wildman–Crippen MR) is 72.7 cm³/mol. The molecular formula is C15H11FN2O3. The van der Waals surface area contributed by atoms with Crippen molar-refractivity contribution in [2.75, 3.05) is 4.90 Å². The number of hydrogen-bond acceptors (Lipinski definition) is 4. The fraction of sp³-hybridized carbons (Fsp3) is 0.133. The van der Waals surface area contributed by atoms with Crippen LogP contribution in [0.1, 0.15) is 22.8 Å². The number of carbonyl (C=O) groups excluding carboxylic acids is 2. The molecule has 5 nitrogen and oxygen atoms in total. The molecule has 0 spiro atoms. The molecule has 106 valence electrons. The Morgan fingerprint density at radius 3 is 2.81 bits per heavy atom. The molecule has 3 rings (SSSR count). The molecule has 1 aromatic heterocycles. The van der Waals surface area contributed by atoms with Crippen molar-refractivity contribution in [2.45, 2.75) is 12.5 Å². The number of nitrogens with zero attached hydrogens (tertiary/aromatic N) is 2. The topological polar surface area (TPSA) is 70.5 Å². The minimum absolute atomic E-state index is 0.184. The molecule has 1 N–H and O–H groups in total. The highest BCUT2D eigenvalue weighted by Crippen LogP contribution is 2.44. The molecule has 1 aliphatic rings. The highest BCUT2D eigenvalue weighted by atomic mass is 19.1. The van der Waals surface area contributed by atoms with E-state index in [1.54, 1.807) is 0 Å². The second-order valence-corrected chi connectivity index (χ2v) is 4.97. The van der Waals surface area contributed by atoms with Crippen LogP contribution in [-0.4, -0.2) is 22.3 Å². The monoisotopic (exact) mass is 286 g/mol. The second kappa shape index (κ2) is 4.46. The van der Waals surface area contributed by atoms with Crippen LogP contribution in [0.5, 0.6) is 0 Å². The van der Waals surface area contributed by atoms with Crippen molar-refractivity contribution < 1.29 is 19.1 Å². The summed E-state index contributed by atoms with van der Waals surface area (Å²) >= 11 is 0. The van der Waals surface area contributed by atoms with Gasteiger partial charge in [-0.3, -0.25) is 19.5 Å². The first-order valence-corrected chi connectivity index (χ1v) is 6.22. The Bertz CT molecular complexity index is 758. The predicted octanol–water partition coefficient (Wildman–Crippen LogP) is 1.92. The molecule has 0 fully saturated rings. The number of rotatable bonds is 2. The molecule has 1 atom stereocenters. The molecule has 1 amide bonds. The van der Waals surface area contributed by atoms with Crippen LogP contribution in [-0.2, 0) is 10.4 Å². The standard InChI is InChI=1S/C15H11FN2O3/c1-15(21)12-5-10(16)2-3-13(12)18(14(15)20)11-4-9(8-19)6-17-7-11/h2-8,21H,1H3. The maximum Gasteiger partial charge on any atom is 0.267 e. The van der Waals surface area contributed by atoms with Gasteiger partial charge in [0.05, 0.1) is 17.6 Å². The van der Waals surface area contributed by atoms with Crippen molar-refractivity contribution in [2.24, 2.45) is 0 Å². The van der Waals surface area contributed by atoms with E-state index in [0.717, 1.165) is 6.07 Å². The third-order valence-electron chi connectivity index (χ3n) is 3.48. The number of amides is 1. The van der Waals surface area contributed by atoms with Gasteiger partial charge in [0.2, 0.25) is 0 Å². The first-order chi connectivity index (χ1) is 9.95. The van der Waals surface area contributed by atoms with Gasteiger partial charge in [-0.1, -0.05) is 0 Å². The van der Waals surface area contributed by atoms with E-state index in [-0.39, 0.29) is 5.56 Å². The number of benzene rings is 1. The van der Waals surface area contributed by atoms with Crippen LogP contribution >= 0.6 is 0 Å². The van der Waals surface area contributed by atoms with Crippen LogP contribution < -0.4 is 4.90 Å². The Morgan fingerprint density at radius 1 is 1.33 bits per heavy atom. The molecule has 21 heavy (non-hydrogen) atoms. The highest BCUT2D eigenvalue weighted by molar-refractivity contribution is 6.11. The Kier molecular flexibility index (Phi) is 2.84. The van der Waals surface area contributed by atoms with Crippen LogP contribution in [0, 0.1) is 5.82 Å². The lowest BCUT2D eigenvalue weighted by atomic mass is 9.98.